The molecular formula is C18H34N2O4. The van der Waals surface area contributed by atoms with E-state index in [1.807, 2.05) is 0 Å². The van der Waals surface area contributed by atoms with E-state index in [-0.39, 0.29) is 12.2 Å². The second-order valence-electron chi connectivity index (χ2n) is 6.64. The maximum atomic E-state index is 11.6. The van der Waals surface area contributed by atoms with E-state index in [0.29, 0.717) is 38.1 Å². The average Bonchev–Trinajstić information content (AvgIpc) is 2.59. The fourth-order valence-corrected chi connectivity index (χ4v) is 2.95. The van der Waals surface area contributed by atoms with Crippen LogP contribution in [0.1, 0.15) is 65.2 Å². The Kier molecular flexibility index (Phi) is 11.1. The first kappa shape index (κ1) is 20.6. The number of unbranched alkanes of at least 4 members (excludes halogenated alkanes) is 2. The fourth-order valence-electron chi connectivity index (χ4n) is 2.95. The van der Waals surface area contributed by atoms with Crippen LogP contribution in [0.5, 0.6) is 0 Å². The highest BCUT2D eigenvalue weighted by molar-refractivity contribution is 5.67. The van der Waals surface area contributed by atoms with Gasteiger partial charge in [-0.05, 0) is 43.9 Å². The molecular weight excluding hydrogens is 308 g/mol. The van der Waals surface area contributed by atoms with Gasteiger partial charge in [0.2, 0.25) is 0 Å². The van der Waals surface area contributed by atoms with Crippen molar-refractivity contribution in [3.05, 3.63) is 0 Å². The Morgan fingerprint density at radius 2 is 1.33 bits per heavy atom. The molecule has 0 radical (unpaired) electrons. The van der Waals surface area contributed by atoms with Crippen LogP contribution in [0.3, 0.4) is 0 Å². The van der Waals surface area contributed by atoms with Gasteiger partial charge in [-0.3, -0.25) is 0 Å². The molecule has 0 heterocycles. The topological polar surface area (TPSA) is 76.7 Å². The van der Waals surface area contributed by atoms with E-state index < -0.39 is 0 Å². The summed E-state index contributed by atoms with van der Waals surface area (Å²) in [7, 11) is 0. The average molecular weight is 342 g/mol. The van der Waals surface area contributed by atoms with Crippen molar-refractivity contribution in [2.75, 3.05) is 26.3 Å². The Balaban J connectivity index is 2.14. The third-order valence-electron chi connectivity index (χ3n) is 4.42. The normalized spacial score (nSPS) is 20.2. The van der Waals surface area contributed by atoms with Crippen molar-refractivity contribution in [2.24, 2.45) is 11.8 Å². The van der Waals surface area contributed by atoms with Gasteiger partial charge >= 0.3 is 12.2 Å². The van der Waals surface area contributed by atoms with Crippen molar-refractivity contribution < 1.29 is 19.1 Å². The molecule has 140 valence electrons. The first-order chi connectivity index (χ1) is 11.7. The first-order valence-corrected chi connectivity index (χ1v) is 9.46. The van der Waals surface area contributed by atoms with E-state index in [0.717, 1.165) is 51.4 Å². The number of ether oxygens (including phenoxy) is 2. The van der Waals surface area contributed by atoms with Gasteiger partial charge in [0.15, 0.2) is 0 Å². The van der Waals surface area contributed by atoms with E-state index in [2.05, 4.69) is 24.5 Å². The summed E-state index contributed by atoms with van der Waals surface area (Å²) in [6.07, 6.45) is 7.60. The number of carbonyl (C=O) groups is 2. The molecule has 1 aliphatic carbocycles. The van der Waals surface area contributed by atoms with Gasteiger partial charge < -0.3 is 20.1 Å². The van der Waals surface area contributed by atoms with Gasteiger partial charge in [0.25, 0.3) is 0 Å². The lowest BCUT2D eigenvalue weighted by Crippen LogP contribution is -2.36. The number of hydrogen-bond donors (Lipinski definition) is 2. The second kappa shape index (κ2) is 12.9. The minimum absolute atomic E-state index is 0.316. The van der Waals surface area contributed by atoms with E-state index in [4.69, 9.17) is 9.47 Å². The van der Waals surface area contributed by atoms with Crippen molar-refractivity contribution in [2.45, 2.75) is 65.2 Å². The largest absolute Gasteiger partial charge is 0.450 e. The molecule has 1 saturated carbocycles. The summed E-state index contributed by atoms with van der Waals surface area (Å²) in [5.74, 6) is 0.917. The lowest BCUT2D eigenvalue weighted by Gasteiger charge is -2.29. The molecule has 0 spiro atoms. The molecule has 0 aromatic carbocycles. The van der Waals surface area contributed by atoms with Crippen molar-refractivity contribution in [1.82, 2.24) is 10.6 Å². The predicted octanol–water partition coefficient (Wildman–Crippen LogP) is 3.85. The fraction of sp³-hybridized carbons (Fsp3) is 0.889. The highest BCUT2D eigenvalue weighted by Crippen LogP contribution is 2.28. The third-order valence-corrected chi connectivity index (χ3v) is 4.42. The molecule has 6 nitrogen and oxygen atoms in total. The van der Waals surface area contributed by atoms with Gasteiger partial charge in [-0.25, -0.2) is 9.59 Å². The molecule has 0 aromatic rings. The molecule has 24 heavy (non-hydrogen) atoms. The van der Waals surface area contributed by atoms with Gasteiger partial charge in [0.1, 0.15) is 0 Å². The number of hydrogen-bond acceptors (Lipinski definition) is 4. The van der Waals surface area contributed by atoms with Crippen molar-refractivity contribution in [3.63, 3.8) is 0 Å². The van der Waals surface area contributed by atoms with Gasteiger partial charge in [-0.15, -0.1) is 0 Å². The lowest BCUT2D eigenvalue weighted by molar-refractivity contribution is 0.137. The van der Waals surface area contributed by atoms with Gasteiger partial charge in [0.05, 0.1) is 13.2 Å². The predicted molar refractivity (Wildman–Crippen MR) is 94.0 cm³/mol. The second-order valence-corrected chi connectivity index (χ2v) is 6.64. The highest BCUT2D eigenvalue weighted by Gasteiger charge is 2.23. The molecule has 1 fully saturated rings. The molecule has 1 rings (SSSR count). The van der Waals surface area contributed by atoms with Crippen LogP contribution in [0, 0.1) is 11.8 Å². The minimum Gasteiger partial charge on any atom is -0.450 e. The maximum Gasteiger partial charge on any atom is 0.407 e. The van der Waals surface area contributed by atoms with Gasteiger partial charge in [-0.1, -0.05) is 33.1 Å². The summed E-state index contributed by atoms with van der Waals surface area (Å²) in [5.41, 5.74) is 0. The van der Waals surface area contributed by atoms with Crippen molar-refractivity contribution in [1.29, 1.82) is 0 Å². The van der Waals surface area contributed by atoms with Gasteiger partial charge in [-0.2, -0.15) is 0 Å². The standard InChI is InChI=1S/C18H34N2O4/c1-3-5-10-23-17(21)19-13-15-8-7-9-16(12-15)14-20-18(22)24-11-6-4-2/h15-16H,3-14H2,1-2H3,(H,19,21)(H,20,22). The Morgan fingerprint density at radius 3 is 1.75 bits per heavy atom. The van der Waals surface area contributed by atoms with Crippen LogP contribution >= 0.6 is 0 Å². The molecule has 0 bridgehead atoms. The van der Waals surface area contributed by atoms with Crippen LogP contribution in [0.4, 0.5) is 9.59 Å². The summed E-state index contributed by atoms with van der Waals surface area (Å²) >= 11 is 0. The minimum atomic E-state index is -0.316. The summed E-state index contributed by atoms with van der Waals surface area (Å²) < 4.78 is 10.2. The van der Waals surface area contributed by atoms with Crippen LogP contribution < -0.4 is 10.6 Å². The third kappa shape index (κ3) is 9.63. The molecule has 2 N–H and O–H groups in total. The molecule has 0 aliphatic heterocycles. The van der Waals surface area contributed by atoms with Crippen LogP contribution in [0.25, 0.3) is 0 Å². The molecule has 2 atom stereocenters. The van der Waals surface area contributed by atoms with E-state index in [9.17, 15) is 9.59 Å². The molecule has 0 saturated heterocycles. The summed E-state index contributed by atoms with van der Waals surface area (Å²) in [4.78, 5) is 23.2. The number of carbonyl (C=O) groups excluding carboxylic acids is 2. The van der Waals surface area contributed by atoms with Gasteiger partial charge in [0, 0.05) is 13.1 Å². The zero-order valence-corrected chi connectivity index (χ0v) is 15.3. The van der Waals surface area contributed by atoms with Crippen LogP contribution in [0.2, 0.25) is 0 Å². The number of amides is 2. The first-order valence-electron chi connectivity index (χ1n) is 9.46. The molecule has 2 unspecified atom stereocenters. The molecule has 1 aliphatic rings. The smallest absolute Gasteiger partial charge is 0.407 e. The van der Waals surface area contributed by atoms with E-state index >= 15 is 0 Å². The molecule has 6 heteroatoms. The van der Waals surface area contributed by atoms with Crippen molar-refractivity contribution >= 4 is 12.2 Å². The Bertz CT molecular complexity index is 331. The Hall–Kier alpha value is -1.46. The summed E-state index contributed by atoms with van der Waals surface area (Å²) in [5, 5.41) is 5.72. The molecule has 0 aromatic heterocycles. The van der Waals surface area contributed by atoms with Crippen LogP contribution in [-0.4, -0.2) is 38.5 Å². The monoisotopic (exact) mass is 342 g/mol. The quantitative estimate of drug-likeness (QED) is 0.591. The van der Waals surface area contributed by atoms with E-state index in [1.165, 1.54) is 0 Å². The summed E-state index contributed by atoms with van der Waals surface area (Å²) in [6, 6.07) is 0. The van der Waals surface area contributed by atoms with Crippen molar-refractivity contribution in [3.8, 4) is 0 Å². The zero-order chi connectivity index (χ0) is 17.6. The zero-order valence-electron chi connectivity index (χ0n) is 15.3. The summed E-state index contributed by atoms with van der Waals surface area (Å²) in [6.45, 7) is 6.41. The lowest BCUT2D eigenvalue weighted by atomic mass is 9.81. The van der Waals surface area contributed by atoms with Crippen LogP contribution in [-0.2, 0) is 9.47 Å². The Morgan fingerprint density at radius 1 is 0.875 bits per heavy atom. The van der Waals surface area contributed by atoms with E-state index in [1.54, 1.807) is 0 Å². The molecule has 2 amide bonds. The number of nitrogens with one attached hydrogen (secondary N) is 2. The van der Waals surface area contributed by atoms with Crippen LogP contribution in [0.15, 0.2) is 0 Å². The maximum absolute atomic E-state index is 11.6. The SMILES string of the molecule is CCCCOC(=O)NCC1CCCC(CNC(=O)OCCCC)C1. The number of rotatable bonds is 10. The highest BCUT2D eigenvalue weighted by atomic mass is 16.6. The number of alkyl carbamates (subject to hydrolysis) is 2. The Labute approximate surface area is 146 Å².